The van der Waals surface area contributed by atoms with Crippen molar-refractivity contribution in [1.29, 1.82) is 0 Å². The zero-order valence-electron chi connectivity index (χ0n) is 9.09. The monoisotopic (exact) mass is 221 g/mol. The third kappa shape index (κ3) is 1.76. The number of aliphatic hydroxyl groups excluding tert-OH is 1. The molecular weight excluding hydrogens is 206 g/mol. The lowest BCUT2D eigenvalue weighted by Gasteiger charge is -2.32. The van der Waals surface area contributed by atoms with Crippen LogP contribution in [0, 0.1) is 11.8 Å². The molecule has 4 nitrogen and oxygen atoms in total. The summed E-state index contributed by atoms with van der Waals surface area (Å²) < 4.78 is 5.51. The summed E-state index contributed by atoms with van der Waals surface area (Å²) in [5.41, 5.74) is 5.97. The molecule has 0 fully saturated rings. The molecule has 86 valence electrons. The Bertz CT molecular complexity index is 405. The number of amides is 1. The Morgan fingerprint density at radius 1 is 1.56 bits per heavy atom. The molecule has 0 bridgehead atoms. The van der Waals surface area contributed by atoms with Gasteiger partial charge in [0.2, 0.25) is 5.91 Å². The maximum atomic E-state index is 11.1. The van der Waals surface area contributed by atoms with Crippen LogP contribution < -0.4 is 10.5 Å². The summed E-state index contributed by atoms with van der Waals surface area (Å²) in [7, 11) is 0. The lowest BCUT2D eigenvalue weighted by Crippen LogP contribution is -2.37. The van der Waals surface area contributed by atoms with E-state index in [1.165, 1.54) is 0 Å². The number of rotatable bonds is 2. The van der Waals surface area contributed by atoms with E-state index in [2.05, 4.69) is 0 Å². The number of nitrogens with two attached hydrogens (primary N) is 1. The number of fused-ring (bicyclic) bond motifs is 1. The zero-order valence-corrected chi connectivity index (χ0v) is 9.09. The first-order valence-corrected chi connectivity index (χ1v) is 5.30. The van der Waals surface area contributed by atoms with Gasteiger partial charge in [-0.1, -0.05) is 25.1 Å². The van der Waals surface area contributed by atoms with Gasteiger partial charge in [-0.05, 0) is 6.07 Å². The summed E-state index contributed by atoms with van der Waals surface area (Å²) in [6.07, 6.45) is -0.688. The van der Waals surface area contributed by atoms with E-state index in [1.54, 1.807) is 13.0 Å². The van der Waals surface area contributed by atoms with Gasteiger partial charge in [0.05, 0.1) is 12.7 Å². The van der Waals surface area contributed by atoms with Crippen LogP contribution in [-0.2, 0) is 4.79 Å². The molecule has 0 radical (unpaired) electrons. The van der Waals surface area contributed by atoms with Crippen molar-refractivity contribution in [3.63, 3.8) is 0 Å². The minimum absolute atomic E-state index is 0.271. The molecule has 3 N–H and O–H groups in total. The first-order chi connectivity index (χ1) is 7.61. The van der Waals surface area contributed by atoms with Crippen molar-refractivity contribution >= 4 is 5.91 Å². The fraction of sp³-hybridized carbons (Fsp3) is 0.417. The highest BCUT2D eigenvalue weighted by molar-refractivity contribution is 5.76. The van der Waals surface area contributed by atoms with Crippen LogP contribution in [-0.4, -0.2) is 17.6 Å². The number of aliphatic hydroxyl groups is 1. The fourth-order valence-corrected chi connectivity index (χ4v) is 1.99. The van der Waals surface area contributed by atoms with Crippen molar-refractivity contribution in [3.8, 4) is 5.75 Å². The molecule has 4 heteroatoms. The zero-order chi connectivity index (χ0) is 11.7. The van der Waals surface area contributed by atoms with Crippen LogP contribution in [0.15, 0.2) is 24.3 Å². The molecule has 0 aromatic heterocycles. The second-order valence-electron chi connectivity index (χ2n) is 4.15. The van der Waals surface area contributed by atoms with E-state index >= 15 is 0 Å². The molecule has 1 aliphatic heterocycles. The normalized spacial score (nSPS) is 25.4. The number of para-hydroxylation sites is 1. The number of hydrogen-bond acceptors (Lipinski definition) is 3. The Hall–Kier alpha value is -1.55. The molecule has 1 unspecified atom stereocenters. The van der Waals surface area contributed by atoms with Gasteiger partial charge in [-0.3, -0.25) is 4.79 Å². The molecule has 0 aliphatic carbocycles. The van der Waals surface area contributed by atoms with Crippen molar-refractivity contribution in [1.82, 2.24) is 0 Å². The van der Waals surface area contributed by atoms with Crippen LogP contribution in [0.1, 0.15) is 18.6 Å². The van der Waals surface area contributed by atoms with Crippen LogP contribution >= 0.6 is 0 Å². The highest BCUT2D eigenvalue weighted by atomic mass is 16.5. The van der Waals surface area contributed by atoms with Crippen molar-refractivity contribution in [2.75, 3.05) is 6.61 Å². The molecule has 3 atom stereocenters. The van der Waals surface area contributed by atoms with Gasteiger partial charge >= 0.3 is 0 Å². The molecule has 1 aromatic rings. The Labute approximate surface area is 94.0 Å². The average molecular weight is 221 g/mol. The van der Waals surface area contributed by atoms with Crippen LogP contribution in [0.4, 0.5) is 0 Å². The predicted octanol–water partition coefficient (Wildman–Crippen LogP) is 0.850. The van der Waals surface area contributed by atoms with Crippen molar-refractivity contribution in [2.24, 2.45) is 17.6 Å². The minimum atomic E-state index is -0.688. The number of carbonyl (C=O) groups excluding carboxylic acids is 1. The Balaban J connectivity index is 2.27. The maximum Gasteiger partial charge on any atom is 0.220 e. The fourth-order valence-electron chi connectivity index (χ4n) is 1.99. The second-order valence-corrected chi connectivity index (χ2v) is 4.15. The highest BCUT2D eigenvalue weighted by Crippen LogP contribution is 2.38. The van der Waals surface area contributed by atoms with E-state index in [1.807, 2.05) is 18.2 Å². The molecule has 0 saturated heterocycles. The molecule has 1 amide bonds. The number of carbonyl (C=O) groups is 1. The summed E-state index contributed by atoms with van der Waals surface area (Å²) in [5, 5.41) is 10.2. The van der Waals surface area contributed by atoms with E-state index in [9.17, 15) is 9.90 Å². The van der Waals surface area contributed by atoms with Gasteiger partial charge < -0.3 is 15.6 Å². The quantitative estimate of drug-likeness (QED) is 0.777. The largest absolute Gasteiger partial charge is 0.493 e. The van der Waals surface area contributed by atoms with Crippen LogP contribution in [0.3, 0.4) is 0 Å². The van der Waals surface area contributed by atoms with E-state index in [0.29, 0.717) is 12.4 Å². The van der Waals surface area contributed by atoms with Gasteiger partial charge in [0.15, 0.2) is 0 Å². The topological polar surface area (TPSA) is 72.6 Å². The minimum Gasteiger partial charge on any atom is -0.493 e. The van der Waals surface area contributed by atoms with Crippen molar-refractivity contribution in [2.45, 2.75) is 13.0 Å². The van der Waals surface area contributed by atoms with Crippen LogP contribution in [0.5, 0.6) is 5.75 Å². The maximum absolute atomic E-state index is 11.1. The highest BCUT2D eigenvalue weighted by Gasteiger charge is 2.35. The average Bonchev–Trinajstić information content (AvgIpc) is 2.29. The number of benzene rings is 1. The van der Waals surface area contributed by atoms with Gasteiger partial charge in [-0.15, -0.1) is 0 Å². The van der Waals surface area contributed by atoms with Gasteiger partial charge in [0.25, 0.3) is 0 Å². The lowest BCUT2D eigenvalue weighted by molar-refractivity contribution is -0.125. The van der Waals surface area contributed by atoms with E-state index < -0.39 is 17.9 Å². The van der Waals surface area contributed by atoms with Gasteiger partial charge in [-0.2, -0.15) is 0 Å². The summed E-state index contributed by atoms with van der Waals surface area (Å²) >= 11 is 0. The summed E-state index contributed by atoms with van der Waals surface area (Å²) in [4.78, 5) is 11.1. The van der Waals surface area contributed by atoms with Gasteiger partial charge in [0, 0.05) is 17.4 Å². The summed E-state index contributed by atoms with van der Waals surface area (Å²) in [6, 6.07) is 7.30. The molecule has 2 rings (SSSR count). The second kappa shape index (κ2) is 4.14. The third-order valence-corrected chi connectivity index (χ3v) is 3.17. The Morgan fingerprint density at radius 3 is 2.94 bits per heavy atom. The molecule has 1 aromatic carbocycles. The van der Waals surface area contributed by atoms with E-state index in [-0.39, 0.29) is 5.92 Å². The molecule has 0 spiro atoms. The summed E-state index contributed by atoms with van der Waals surface area (Å²) in [6.45, 7) is 2.04. The standard InChI is InChI=1S/C12H15NO3/c1-7(12(13)15)9-6-16-10-5-3-2-4-8(10)11(9)14/h2-5,7,9,11,14H,6H2,1H3,(H2,13,15)/t7?,9-,11-/m0/s1. The van der Waals surface area contributed by atoms with Crippen LogP contribution in [0.25, 0.3) is 0 Å². The van der Waals surface area contributed by atoms with E-state index in [0.717, 1.165) is 5.56 Å². The predicted molar refractivity (Wildman–Crippen MR) is 58.7 cm³/mol. The first kappa shape index (κ1) is 11.0. The van der Waals surface area contributed by atoms with Gasteiger partial charge in [0.1, 0.15) is 5.75 Å². The molecule has 0 saturated carbocycles. The van der Waals surface area contributed by atoms with Crippen molar-refractivity contribution < 1.29 is 14.6 Å². The molecular formula is C12H15NO3. The lowest BCUT2D eigenvalue weighted by atomic mass is 9.84. The number of ether oxygens (including phenoxy) is 1. The smallest absolute Gasteiger partial charge is 0.220 e. The Morgan fingerprint density at radius 2 is 2.25 bits per heavy atom. The number of primary amides is 1. The van der Waals surface area contributed by atoms with E-state index in [4.69, 9.17) is 10.5 Å². The Kier molecular flexibility index (Phi) is 2.83. The SMILES string of the molecule is CC(C(N)=O)[C@@H]1COc2ccccc2[C@@H]1O. The van der Waals surface area contributed by atoms with Crippen molar-refractivity contribution in [3.05, 3.63) is 29.8 Å². The van der Waals surface area contributed by atoms with Gasteiger partial charge in [-0.25, -0.2) is 0 Å². The third-order valence-electron chi connectivity index (χ3n) is 3.17. The summed E-state index contributed by atoms with van der Waals surface area (Å²) in [5.74, 6) is -0.397. The number of hydrogen-bond donors (Lipinski definition) is 2. The molecule has 16 heavy (non-hydrogen) atoms. The molecule has 1 heterocycles. The van der Waals surface area contributed by atoms with Crippen LogP contribution in [0.2, 0.25) is 0 Å². The first-order valence-electron chi connectivity index (χ1n) is 5.30. The molecule has 1 aliphatic rings.